The van der Waals surface area contributed by atoms with Gasteiger partial charge < -0.3 is 0 Å². The second kappa shape index (κ2) is 5.05. The summed E-state index contributed by atoms with van der Waals surface area (Å²) < 4.78 is 3.92. The summed E-state index contributed by atoms with van der Waals surface area (Å²) >= 11 is 2.48. The lowest BCUT2D eigenvalue weighted by atomic mass is 10.3. The van der Waals surface area contributed by atoms with Crippen LogP contribution in [0, 0.1) is 0 Å². The number of hydrogen-bond acceptors (Lipinski definition) is 3. The Labute approximate surface area is 56.3 Å². The average molecular weight is 183 g/mol. The molecule has 0 N–H and O–H groups in total. The van der Waals surface area contributed by atoms with Gasteiger partial charge in [0.2, 0.25) is 0 Å². The summed E-state index contributed by atoms with van der Waals surface area (Å²) in [5.41, 5.74) is 0. The molecule has 0 radical (unpaired) electrons. The molecule has 8 heavy (non-hydrogen) atoms. The van der Waals surface area contributed by atoms with Crippen LogP contribution in [-0.2, 0) is 13.7 Å². The van der Waals surface area contributed by atoms with E-state index >= 15 is 0 Å². The van der Waals surface area contributed by atoms with E-state index in [9.17, 15) is 4.79 Å². The van der Waals surface area contributed by atoms with Crippen molar-refractivity contribution in [1.29, 1.82) is 0 Å². The molecule has 0 aromatic rings. The molecule has 0 aliphatic rings. The maximum atomic E-state index is 10.3. The van der Waals surface area contributed by atoms with Crippen molar-refractivity contribution in [3.8, 4) is 0 Å². The van der Waals surface area contributed by atoms with E-state index in [4.69, 9.17) is 0 Å². The topological polar surface area (TPSA) is 35.5 Å². The Morgan fingerprint density at radius 2 is 2.38 bits per heavy atom. The summed E-state index contributed by atoms with van der Waals surface area (Å²) in [5, 5.41) is 0. The molecule has 0 bridgehead atoms. The summed E-state index contributed by atoms with van der Waals surface area (Å²) in [6.07, 6.45) is 1.17. The van der Waals surface area contributed by atoms with Crippen LogP contribution in [0.3, 0.4) is 0 Å². The maximum absolute atomic E-state index is 10.3. The summed E-state index contributed by atoms with van der Waals surface area (Å²) in [6, 6.07) is 0. The van der Waals surface area contributed by atoms with Gasteiger partial charge in [0, 0.05) is 6.42 Å². The Hall–Kier alpha value is -0.0900. The van der Waals surface area contributed by atoms with Crippen molar-refractivity contribution in [3.05, 3.63) is 0 Å². The molecule has 0 aromatic heterocycles. The van der Waals surface area contributed by atoms with Crippen LogP contribution in [0.2, 0.25) is 0 Å². The number of hydrogen-bond donors (Lipinski definition) is 0. The van der Waals surface area contributed by atoms with Crippen LogP contribution in [0.1, 0.15) is 19.8 Å². The van der Waals surface area contributed by atoms with Gasteiger partial charge in [-0.2, -0.15) is 0 Å². The molecule has 0 rings (SSSR count). The summed E-state index contributed by atoms with van der Waals surface area (Å²) in [6.45, 7) is 1.88. The highest BCUT2D eigenvalue weighted by atomic mass is 79.9. The molecule has 0 aliphatic carbocycles. The zero-order chi connectivity index (χ0) is 6.41. The molecule has 0 heterocycles. The van der Waals surface area contributed by atoms with Gasteiger partial charge in [0.15, 0.2) is 16.3 Å². The predicted molar refractivity (Wildman–Crippen MR) is 31.0 cm³/mol. The third-order valence-corrected chi connectivity index (χ3v) is 0.711. The summed E-state index contributed by atoms with van der Waals surface area (Å²) in [5.74, 6) is -0.357. The fourth-order valence-electron chi connectivity index (χ4n) is 0.281. The highest BCUT2D eigenvalue weighted by Crippen LogP contribution is 1.93. The van der Waals surface area contributed by atoms with Gasteiger partial charge in [-0.15, -0.1) is 3.98 Å². The normalized spacial score (nSPS) is 8.75. The lowest BCUT2D eigenvalue weighted by molar-refractivity contribution is -0.201. The predicted octanol–water partition coefficient (Wildman–Crippen LogP) is 1.57. The highest BCUT2D eigenvalue weighted by molar-refractivity contribution is 9.05. The van der Waals surface area contributed by atoms with Crippen molar-refractivity contribution >= 4 is 22.2 Å². The molecule has 3 nitrogen and oxygen atoms in total. The standard InChI is InChI=1S/C4H7BrO3/c1-2-3-4(6)7-8-5/h2-3H2,1H3. The lowest BCUT2D eigenvalue weighted by Crippen LogP contribution is -1.99. The van der Waals surface area contributed by atoms with Gasteiger partial charge in [-0.25, -0.2) is 4.79 Å². The molecule has 0 atom stereocenters. The minimum absolute atomic E-state index is 0.357. The number of halogens is 1. The van der Waals surface area contributed by atoms with Crippen LogP contribution < -0.4 is 0 Å². The Morgan fingerprint density at radius 1 is 1.75 bits per heavy atom. The van der Waals surface area contributed by atoms with Crippen molar-refractivity contribution in [2.24, 2.45) is 0 Å². The van der Waals surface area contributed by atoms with E-state index in [0.717, 1.165) is 6.42 Å². The molecule has 48 valence electrons. The second-order valence-corrected chi connectivity index (χ2v) is 1.53. The van der Waals surface area contributed by atoms with Gasteiger partial charge in [0.1, 0.15) is 0 Å². The van der Waals surface area contributed by atoms with E-state index in [0.29, 0.717) is 6.42 Å². The molecule has 0 unspecified atom stereocenters. The fraction of sp³-hybridized carbons (Fsp3) is 0.750. The van der Waals surface area contributed by atoms with Crippen LogP contribution in [0.15, 0.2) is 0 Å². The molecule has 0 spiro atoms. The van der Waals surface area contributed by atoms with E-state index in [1.54, 1.807) is 0 Å². The van der Waals surface area contributed by atoms with Crippen molar-refractivity contribution in [2.75, 3.05) is 0 Å². The van der Waals surface area contributed by atoms with Gasteiger partial charge in [-0.05, 0) is 6.42 Å². The van der Waals surface area contributed by atoms with Crippen molar-refractivity contribution in [2.45, 2.75) is 19.8 Å². The fourth-order valence-corrected chi connectivity index (χ4v) is 0.428. The summed E-state index contributed by atoms with van der Waals surface area (Å²) in [4.78, 5) is 14.3. The second-order valence-electron chi connectivity index (χ2n) is 1.27. The van der Waals surface area contributed by atoms with E-state index < -0.39 is 0 Å². The van der Waals surface area contributed by atoms with E-state index in [-0.39, 0.29) is 5.97 Å². The molecular formula is C4H7BrO3. The Morgan fingerprint density at radius 3 is 2.75 bits per heavy atom. The van der Waals surface area contributed by atoms with Crippen LogP contribution in [0.4, 0.5) is 0 Å². The lowest BCUT2D eigenvalue weighted by Gasteiger charge is -1.92. The molecule has 4 heteroatoms. The van der Waals surface area contributed by atoms with Gasteiger partial charge in [-0.1, -0.05) is 6.92 Å². The molecule has 0 fully saturated rings. The Bertz CT molecular complexity index is 65.7. The minimum Gasteiger partial charge on any atom is -0.286 e. The monoisotopic (exact) mass is 182 g/mol. The molecule has 0 saturated heterocycles. The Balaban J connectivity index is 3.06. The van der Waals surface area contributed by atoms with E-state index in [2.05, 4.69) is 25.1 Å². The zero-order valence-electron chi connectivity index (χ0n) is 4.52. The Kier molecular flexibility index (Phi) is 5.00. The third-order valence-electron chi connectivity index (χ3n) is 0.579. The van der Waals surface area contributed by atoms with Crippen LogP contribution in [0.5, 0.6) is 0 Å². The SMILES string of the molecule is CCCC(=O)OOBr. The van der Waals surface area contributed by atoms with Crippen LogP contribution >= 0.6 is 16.3 Å². The van der Waals surface area contributed by atoms with Gasteiger partial charge in [0.05, 0.1) is 0 Å². The number of carbonyl (C=O) groups is 1. The smallest absolute Gasteiger partial charge is 0.286 e. The quantitative estimate of drug-likeness (QED) is 0.492. The first-order valence-corrected chi connectivity index (χ1v) is 2.94. The minimum atomic E-state index is -0.357. The van der Waals surface area contributed by atoms with Gasteiger partial charge in [-0.3, -0.25) is 4.89 Å². The molecular weight excluding hydrogens is 176 g/mol. The van der Waals surface area contributed by atoms with E-state index in [1.165, 1.54) is 0 Å². The molecule has 0 aliphatic heterocycles. The van der Waals surface area contributed by atoms with Crippen molar-refractivity contribution < 1.29 is 13.7 Å². The first-order valence-electron chi connectivity index (χ1n) is 2.29. The largest absolute Gasteiger partial charge is 0.343 e. The maximum Gasteiger partial charge on any atom is 0.343 e. The van der Waals surface area contributed by atoms with Gasteiger partial charge in [0.25, 0.3) is 0 Å². The molecule has 0 aromatic carbocycles. The average Bonchev–Trinajstić information content (AvgIpc) is 1.68. The first kappa shape index (κ1) is 7.91. The van der Waals surface area contributed by atoms with Crippen molar-refractivity contribution in [1.82, 2.24) is 0 Å². The zero-order valence-corrected chi connectivity index (χ0v) is 6.10. The van der Waals surface area contributed by atoms with E-state index in [1.807, 2.05) is 6.92 Å². The number of rotatable bonds is 3. The number of carbonyl (C=O) groups excluding carboxylic acids is 1. The first-order chi connectivity index (χ1) is 3.81. The van der Waals surface area contributed by atoms with Gasteiger partial charge >= 0.3 is 5.97 Å². The molecule has 0 amide bonds. The van der Waals surface area contributed by atoms with Crippen molar-refractivity contribution in [3.63, 3.8) is 0 Å². The summed E-state index contributed by atoms with van der Waals surface area (Å²) in [7, 11) is 0. The van der Waals surface area contributed by atoms with Crippen LogP contribution in [-0.4, -0.2) is 5.97 Å². The highest BCUT2D eigenvalue weighted by Gasteiger charge is 1.98. The third kappa shape index (κ3) is 4.08. The molecule has 0 saturated carbocycles. The van der Waals surface area contributed by atoms with Crippen LogP contribution in [0.25, 0.3) is 0 Å².